The van der Waals surface area contributed by atoms with Crippen LogP contribution in [0.25, 0.3) is 11.3 Å². The van der Waals surface area contributed by atoms with E-state index < -0.39 is 0 Å². The Kier molecular flexibility index (Phi) is 3.53. The van der Waals surface area contributed by atoms with Crippen LogP contribution >= 0.6 is 11.3 Å². The largest absolute Gasteiger partial charge is 0.486 e. The van der Waals surface area contributed by atoms with Crippen molar-refractivity contribution in [2.45, 2.75) is 25.3 Å². The van der Waals surface area contributed by atoms with Gasteiger partial charge in [0, 0.05) is 30.0 Å². The Morgan fingerprint density at radius 3 is 2.90 bits per heavy atom. The van der Waals surface area contributed by atoms with Gasteiger partial charge in [0.25, 0.3) is 0 Å². The Hall–Kier alpha value is -1.59. The highest BCUT2D eigenvalue weighted by Crippen LogP contribution is 2.34. The van der Waals surface area contributed by atoms with Crippen LogP contribution in [0.4, 0.5) is 0 Å². The molecule has 1 N–H and O–H groups in total. The molecule has 1 saturated carbocycles. The van der Waals surface area contributed by atoms with Crippen LogP contribution in [0.3, 0.4) is 0 Å². The first kappa shape index (κ1) is 13.1. The van der Waals surface area contributed by atoms with Crippen LogP contribution in [-0.4, -0.2) is 30.8 Å². The third kappa shape index (κ3) is 3.04. The number of nitrogens with zero attached hydrogens (tertiary/aromatic N) is 1. The minimum absolute atomic E-state index is 0.617. The average molecular weight is 302 g/mol. The van der Waals surface area contributed by atoms with Gasteiger partial charge in [-0.1, -0.05) is 0 Å². The highest BCUT2D eigenvalue weighted by molar-refractivity contribution is 7.09. The second-order valence-corrected chi connectivity index (χ2v) is 6.41. The van der Waals surface area contributed by atoms with Gasteiger partial charge < -0.3 is 14.8 Å². The Labute approximate surface area is 128 Å². The van der Waals surface area contributed by atoms with E-state index in [0.717, 1.165) is 41.8 Å². The van der Waals surface area contributed by atoms with E-state index in [1.807, 2.05) is 12.1 Å². The van der Waals surface area contributed by atoms with E-state index in [1.54, 1.807) is 11.3 Å². The molecule has 2 aromatic rings. The molecule has 110 valence electrons. The van der Waals surface area contributed by atoms with Gasteiger partial charge in [0.2, 0.25) is 0 Å². The lowest BCUT2D eigenvalue weighted by molar-refractivity contribution is 0.171. The molecule has 2 heterocycles. The van der Waals surface area contributed by atoms with Crippen molar-refractivity contribution in [1.82, 2.24) is 10.3 Å². The van der Waals surface area contributed by atoms with Crippen molar-refractivity contribution >= 4 is 11.3 Å². The molecule has 1 aromatic heterocycles. The van der Waals surface area contributed by atoms with Crippen molar-refractivity contribution in [3.63, 3.8) is 0 Å². The average Bonchev–Trinajstić information content (AvgIpc) is 3.23. The molecular formula is C16H18N2O2S. The zero-order valence-corrected chi connectivity index (χ0v) is 12.6. The first-order valence-electron chi connectivity index (χ1n) is 7.46. The number of thiazole rings is 1. The molecule has 2 aliphatic rings. The van der Waals surface area contributed by atoms with Crippen molar-refractivity contribution < 1.29 is 9.47 Å². The van der Waals surface area contributed by atoms with Crippen molar-refractivity contribution in [2.24, 2.45) is 0 Å². The number of hydrogen-bond donors (Lipinski definition) is 1. The van der Waals surface area contributed by atoms with E-state index in [4.69, 9.17) is 14.5 Å². The fourth-order valence-corrected chi connectivity index (χ4v) is 3.24. The Balaban J connectivity index is 1.46. The molecule has 0 saturated heterocycles. The van der Waals surface area contributed by atoms with E-state index in [1.165, 1.54) is 17.8 Å². The number of ether oxygens (including phenoxy) is 2. The second kappa shape index (κ2) is 5.66. The molecule has 0 spiro atoms. The lowest BCUT2D eigenvalue weighted by atomic mass is 10.1. The lowest BCUT2D eigenvalue weighted by Gasteiger charge is -2.18. The zero-order chi connectivity index (χ0) is 14.1. The number of benzene rings is 1. The molecule has 21 heavy (non-hydrogen) atoms. The van der Waals surface area contributed by atoms with Gasteiger partial charge >= 0.3 is 0 Å². The van der Waals surface area contributed by atoms with Crippen LogP contribution in [0.5, 0.6) is 11.5 Å². The molecule has 5 heteroatoms. The van der Waals surface area contributed by atoms with Crippen LogP contribution in [-0.2, 0) is 6.42 Å². The first-order chi connectivity index (χ1) is 10.4. The summed E-state index contributed by atoms with van der Waals surface area (Å²) in [5, 5.41) is 6.84. The summed E-state index contributed by atoms with van der Waals surface area (Å²) >= 11 is 1.73. The smallest absolute Gasteiger partial charge is 0.162 e. The third-order valence-electron chi connectivity index (χ3n) is 3.74. The molecule has 4 rings (SSSR count). The molecule has 1 aliphatic carbocycles. The number of fused-ring (bicyclic) bond motifs is 1. The molecule has 0 radical (unpaired) electrons. The highest BCUT2D eigenvalue weighted by atomic mass is 32.1. The number of rotatable bonds is 5. The normalized spacial score (nSPS) is 17.0. The van der Waals surface area contributed by atoms with Gasteiger partial charge in [-0.25, -0.2) is 4.98 Å². The predicted octanol–water partition coefficient (Wildman–Crippen LogP) is 2.88. The molecule has 0 amide bonds. The molecule has 0 bridgehead atoms. The molecule has 4 nitrogen and oxygen atoms in total. The second-order valence-electron chi connectivity index (χ2n) is 5.46. The number of hydrogen-bond acceptors (Lipinski definition) is 5. The maximum atomic E-state index is 5.63. The van der Waals surface area contributed by atoms with Crippen molar-refractivity contribution in [3.8, 4) is 22.8 Å². The van der Waals surface area contributed by atoms with Crippen molar-refractivity contribution in [2.75, 3.05) is 19.8 Å². The summed E-state index contributed by atoms with van der Waals surface area (Å²) in [5.74, 6) is 1.65. The molecular weight excluding hydrogens is 284 g/mol. The number of aromatic nitrogens is 1. The summed E-state index contributed by atoms with van der Waals surface area (Å²) in [6.45, 7) is 2.27. The fourth-order valence-electron chi connectivity index (χ4n) is 2.43. The third-order valence-corrected chi connectivity index (χ3v) is 4.65. The van der Waals surface area contributed by atoms with Crippen LogP contribution in [0.1, 0.15) is 17.8 Å². The van der Waals surface area contributed by atoms with Gasteiger partial charge in [-0.15, -0.1) is 11.3 Å². The van der Waals surface area contributed by atoms with Gasteiger partial charge in [-0.05, 0) is 31.0 Å². The minimum atomic E-state index is 0.617. The quantitative estimate of drug-likeness (QED) is 0.922. The first-order valence-corrected chi connectivity index (χ1v) is 8.34. The Morgan fingerprint density at radius 2 is 2.05 bits per heavy atom. The van der Waals surface area contributed by atoms with E-state index in [-0.39, 0.29) is 0 Å². The zero-order valence-electron chi connectivity index (χ0n) is 11.8. The maximum Gasteiger partial charge on any atom is 0.162 e. The lowest BCUT2D eigenvalue weighted by Crippen LogP contribution is -2.19. The predicted molar refractivity (Wildman–Crippen MR) is 83.3 cm³/mol. The Bertz CT molecular complexity index is 637. The summed E-state index contributed by atoms with van der Waals surface area (Å²) in [5.41, 5.74) is 2.12. The van der Waals surface area contributed by atoms with E-state index in [9.17, 15) is 0 Å². The number of nitrogens with one attached hydrogen (secondary N) is 1. The minimum Gasteiger partial charge on any atom is -0.486 e. The molecule has 1 aliphatic heterocycles. The van der Waals surface area contributed by atoms with E-state index in [0.29, 0.717) is 13.2 Å². The Morgan fingerprint density at radius 1 is 1.19 bits per heavy atom. The van der Waals surface area contributed by atoms with Crippen LogP contribution in [0.15, 0.2) is 23.6 Å². The topological polar surface area (TPSA) is 43.4 Å². The monoisotopic (exact) mass is 302 g/mol. The van der Waals surface area contributed by atoms with Crippen LogP contribution in [0.2, 0.25) is 0 Å². The van der Waals surface area contributed by atoms with Gasteiger partial charge in [0.05, 0.1) is 10.7 Å². The van der Waals surface area contributed by atoms with Gasteiger partial charge in [0.1, 0.15) is 13.2 Å². The van der Waals surface area contributed by atoms with Crippen LogP contribution < -0.4 is 14.8 Å². The van der Waals surface area contributed by atoms with Gasteiger partial charge in [-0.3, -0.25) is 0 Å². The molecule has 0 atom stereocenters. The summed E-state index contributed by atoms with van der Waals surface area (Å²) in [4.78, 5) is 4.73. The SMILES string of the molecule is c1cc2c(cc1-c1csc(CCNC3CC3)n1)OCCO2. The standard InChI is InChI=1S/C16H18N2O2S/c1-4-14-15(20-8-7-19-14)9-11(1)13-10-21-16(18-13)5-6-17-12-2-3-12/h1,4,9-10,12,17H,2-3,5-8H2. The summed E-state index contributed by atoms with van der Waals surface area (Å²) in [7, 11) is 0. The highest BCUT2D eigenvalue weighted by Gasteiger charge is 2.20. The van der Waals surface area contributed by atoms with Crippen molar-refractivity contribution in [3.05, 3.63) is 28.6 Å². The molecule has 0 unspecified atom stereocenters. The van der Waals surface area contributed by atoms with E-state index >= 15 is 0 Å². The van der Waals surface area contributed by atoms with Crippen LogP contribution in [0, 0.1) is 0 Å². The molecule has 1 fully saturated rings. The summed E-state index contributed by atoms with van der Waals surface area (Å²) in [6, 6.07) is 6.81. The summed E-state index contributed by atoms with van der Waals surface area (Å²) < 4.78 is 11.2. The van der Waals surface area contributed by atoms with Gasteiger partial charge in [-0.2, -0.15) is 0 Å². The van der Waals surface area contributed by atoms with E-state index in [2.05, 4.69) is 16.8 Å². The maximum absolute atomic E-state index is 5.63. The summed E-state index contributed by atoms with van der Waals surface area (Å²) in [6.07, 6.45) is 3.67. The van der Waals surface area contributed by atoms with Crippen molar-refractivity contribution in [1.29, 1.82) is 0 Å². The fraction of sp³-hybridized carbons (Fsp3) is 0.438. The molecule has 1 aromatic carbocycles. The van der Waals surface area contributed by atoms with Gasteiger partial charge in [0.15, 0.2) is 11.5 Å².